The molecular formula is C47H38O10. The molecular weight excluding hydrogens is 725 g/mol. The lowest BCUT2D eigenvalue weighted by molar-refractivity contribution is 0.0651. The SMILES string of the molecule is CCCc1cc(Oc2ccc(C(=O)O)c(C(=O)O)c2)ccc1C1(c2ccc(Oc3ccc(C(=O)O)c(C(=O)O)c3)cc2CCC)c2ccccc2-c2ccccc21. The Kier molecular flexibility index (Phi) is 10.4. The topological polar surface area (TPSA) is 168 Å². The summed E-state index contributed by atoms with van der Waals surface area (Å²) in [5, 5.41) is 38.5. The Bertz CT molecular complexity index is 2410. The molecule has 0 aromatic heterocycles. The fourth-order valence-corrected chi connectivity index (χ4v) is 8.08. The van der Waals surface area contributed by atoms with Crippen molar-refractivity contribution in [2.75, 3.05) is 0 Å². The highest BCUT2D eigenvalue weighted by molar-refractivity contribution is 6.02. The molecule has 7 rings (SSSR count). The number of benzene rings is 6. The lowest BCUT2D eigenvalue weighted by Gasteiger charge is -2.37. The predicted molar refractivity (Wildman–Crippen MR) is 213 cm³/mol. The van der Waals surface area contributed by atoms with E-state index in [4.69, 9.17) is 9.47 Å². The Morgan fingerprint density at radius 2 is 0.789 bits per heavy atom. The van der Waals surface area contributed by atoms with Crippen molar-refractivity contribution in [3.05, 3.63) is 177 Å². The van der Waals surface area contributed by atoms with Crippen molar-refractivity contribution in [1.82, 2.24) is 0 Å². The average molecular weight is 763 g/mol. The molecule has 0 unspecified atom stereocenters. The van der Waals surface area contributed by atoms with Gasteiger partial charge >= 0.3 is 23.9 Å². The predicted octanol–water partition coefficient (Wildman–Crippen LogP) is 10.3. The van der Waals surface area contributed by atoms with Gasteiger partial charge < -0.3 is 29.9 Å². The van der Waals surface area contributed by atoms with Crippen molar-refractivity contribution in [3.63, 3.8) is 0 Å². The average Bonchev–Trinajstić information content (AvgIpc) is 3.49. The third-order valence-electron chi connectivity index (χ3n) is 10.3. The van der Waals surface area contributed by atoms with Crippen LogP contribution in [0.25, 0.3) is 11.1 Å². The summed E-state index contributed by atoms with van der Waals surface area (Å²) in [5.41, 5.74) is 6.21. The van der Waals surface area contributed by atoms with Gasteiger partial charge in [0.05, 0.1) is 27.7 Å². The van der Waals surface area contributed by atoms with Crippen LogP contribution in [0.5, 0.6) is 23.0 Å². The summed E-state index contributed by atoms with van der Waals surface area (Å²) in [7, 11) is 0. The van der Waals surface area contributed by atoms with Gasteiger partial charge in [0.15, 0.2) is 0 Å². The van der Waals surface area contributed by atoms with Crippen LogP contribution in [0, 0.1) is 0 Å². The van der Waals surface area contributed by atoms with E-state index in [-0.39, 0.29) is 33.8 Å². The largest absolute Gasteiger partial charge is 0.478 e. The van der Waals surface area contributed by atoms with E-state index in [1.165, 1.54) is 36.4 Å². The van der Waals surface area contributed by atoms with Crippen molar-refractivity contribution in [3.8, 4) is 34.1 Å². The summed E-state index contributed by atoms with van der Waals surface area (Å²) in [6, 6.07) is 36.2. The number of hydrogen-bond donors (Lipinski definition) is 4. The van der Waals surface area contributed by atoms with Gasteiger partial charge in [-0.05, 0) is 118 Å². The summed E-state index contributed by atoms with van der Waals surface area (Å²) in [6.07, 6.45) is 2.97. The molecule has 0 saturated heterocycles. The highest BCUT2D eigenvalue weighted by atomic mass is 16.5. The lowest BCUT2D eigenvalue weighted by Crippen LogP contribution is -2.31. The van der Waals surface area contributed by atoms with Crippen LogP contribution in [-0.4, -0.2) is 44.3 Å². The minimum absolute atomic E-state index is 0.188. The van der Waals surface area contributed by atoms with E-state index in [1.54, 1.807) is 0 Å². The second-order valence-corrected chi connectivity index (χ2v) is 13.8. The molecule has 286 valence electrons. The Morgan fingerprint density at radius 3 is 1.16 bits per heavy atom. The number of fused-ring (bicyclic) bond motifs is 3. The Hall–Kier alpha value is -7.20. The van der Waals surface area contributed by atoms with E-state index >= 15 is 0 Å². The zero-order chi connectivity index (χ0) is 40.4. The van der Waals surface area contributed by atoms with Crippen LogP contribution in [0.15, 0.2) is 121 Å². The molecule has 0 amide bonds. The molecule has 0 fully saturated rings. The van der Waals surface area contributed by atoms with Gasteiger partial charge in [-0.2, -0.15) is 0 Å². The first kappa shape index (κ1) is 38.1. The molecule has 0 heterocycles. The van der Waals surface area contributed by atoms with Crippen molar-refractivity contribution < 1.29 is 49.1 Å². The maximum atomic E-state index is 11.9. The summed E-state index contributed by atoms with van der Waals surface area (Å²) in [5.74, 6) is -4.14. The van der Waals surface area contributed by atoms with Gasteiger partial charge in [0.2, 0.25) is 0 Å². The molecule has 0 spiro atoms. The first-order valence-corrected chi connectivity index (χ1v) is 18.5. The van der Waals surface area contributed by atoms with Crippen molar-refractivity contribution in [2.24, 2.45) is 0 Å². The maximum absolute atomic E-state index is 11.9. The molecule has 0 atom stereocenters. The standard InChI is InChI=1S/C47H38O10/c1-3-9-27-23-29(56-31-15-19-35(43(48)49)37(25-31)45(52)53)17-21-39(27)47(41-13-7-5-11-33(41)34-12-6-8-14-42(34)47)40-22-18-30(24-28(40)10-4-2)57-32-16-20-36(44(50)51)38(26-32)46(54)55/h5-8,11-26H,3-4,9-10H2,1-2H3,(H,48,49)(H,50,51)(H,52,53)(H,54,55). The first-order valence-electron chi connectivity index (χ1n) is 18.5. The minimum atomic E-state index is -1.37. The Balaban J connectivity index is 1.41. The molecule has 0 bridgehead atoms. The molecule has 1 aliphatic carbocycles. The number of hydrogen-bond acceptors (Lipinski definition) is 6. The molecule has 6 aromatic rings. The summed E-state index contributed by atoms with van der Waals surface area (Å²) in [4.78, 5) is 47.2. The third kappa shape index (κ3) is 6.86. The second-order valence-electron chi connectivity index (χ2n) is 13.8. The Morgan fingerprint density at radius 1 is 0.439 bits per heavy atom. The molecule has 10 heteroatoms. The van der Waals surface area contributed by atoms with E-state index in [0.29, 0.717) is 24.3 Å². The highest BCUT2D eigenvalue weighted by Crippen LogP contribution is 2.58. The van der Waals surface area contributed by atoms with E-state index in [1.807, 2.05) is 48.5 Å². The number of carboxylic acids is 4. The second kappa shape index (κ2) is 15.5. The van der Waals surface area contributed by atoms with Gasteiger partial charge in [-0.15, -0.1) is 0 Å². The zero-order valence-corrected chi connectivity index (χ0v) is 31.1. The van der Waals surface area contributed by atoms with Crippen molar-refractivity contribution >= 4 is 23.9 Å². The number of ether oxygens (including phenoxy) is 2. The molecule has 4 N–H and O–H groups in total. The summed E-state index contributed by atoms with van der Waals surface area (Å²) >= 11 is 0. The quantitative estimate of drug-likeness (QED) is 0.0837. The van der Waals surface area contributed by atoms with Crippen LogP contribution in [0.3, 0.4) is 0 Å². The number of carbonyl (C=O) groups is 4. The molecule has 10 nitrogen and oxygen atoms in total. The number of rotatable bonds is 14. The van der Waals surface area contributed by atoms with Crippen molar-refractivity contribution in [1.29, 1.82) is 0 Å². The fraction of sp³-hybridized carbons (Fsp3) is 0.149. The van der Waals surface area contributed by atoms with Crippen LogP contribution >= 0.6 is 0 Å². The smallest absolute Gasteiger partial charge is 0.336 e. The Labute approximate surface area is 328 Å². The van der Waals surface area contributed by atoms with E-state index < -0.39 is 29.3 Å². The van der Waals surface area contributed by atoms with Gasteiger partial charge in [0, 0.05) is 0 Å². The van der Waals surface area contributed by atoms with Gasteiger partial charge in [0.1, 0.15) is 23.0 Å². The molecule has 6 aromatic carbocycles. The highest BCUT2D eigenvalue weighted by Gasteiger charge is 2.48. The van der Waals surface area contributed by atoms with Crippen LogP contribution in [0.1, 0.15) is 102 Å². The van der Waals surface area contributed by atoms with Gasteiger partial charge in [-0.1, -0.05) is 87.4 Å². The van der Waals surface area contributed by atoms with Crippen LogP contribution in [-0.2, 0) is 18.3 Å². The third-order valence-corrected chi connectivity index (χ3v) is 10.3. The molecule has 0 radical (unpaired) electrons. The fourth-order valence-electron chi connectivity index (χ4n) is 8.08. The minimum Gasteiger partial charge on any atom is -0.478 e. The van der Waals surface area contributed by atoms with Gasteiger partial charge in [-0.25, -0.2) is 19.2 Å². The summed E-state index contributed by atoms with van der Waals surface area (Å²) in [6.45, 7) is 4.19. The van der Waals surface area contributed by atoms with Crippen LogP contribution in [0.4, 0.5) is 0 Å². The molecule has 57 heavy (non-hydrogen) atoms. The monoisotopic (exact) mass is 762 g/mol. The maximum Gasteiger partial charge on any atom is 0.336 e. The lowest BCUT2D eigenvalue weighted by atomic mass is 9.64. The van der Waals surface area contributed by atoms with Gasteiger partial charge in [-0.3, -0.25) is 0 Å². The summed E-state index contributed by atoms with van der Waals surface area (Å²) < 4.78 is 12.4. The van der Waals surface area contributed by atoms with Gasteiger partial charge in [0.25, 0.3) is 0 Å². The zero-order valence-electron chi connectivity index (χ0n) is 31.1. The molecule has 0 saturated carbocycles. The first-order chi connectivity index (χ1) is 27.5. The number of aromatic carboxylic acids is 4. The number of carboxylic acid groups (broad SMARTS) is 4. The van der Waals surface area contributed by atoms with E-state index in [0.717, 1.165) is 57.3 Å². The van der Waals surface area contributed by atoms with E-state index in [9.17, 15) is 39.6 Å². The molecule has 1 aliphatic rings. The number of aryl methyl sites for hydroxylation is 2. The van der Waals surface area contributed by atoms with Crippen LogP contribution in [0.2, 0.25) is 0 Å². The van der Waals surface area contributed by atoms with Crippen molar-refractivity contribution in [2.45, 2.75) is 44.9 Å². The molecule has 0 aliphatic heterocycles. The normalized spacial score (nSPS) is 12.3. The van der Waals surface area contributed by atoms with E-state index in [2.05, 4.69) is 50.2 Å². The van der Waals surface area contributed by atoms with Crippen LogP contribution < -0.4 is 9.47 Å².